The lowest BCUT2D eigenvalue weighted by Gasteiger charge is -2.29. The average Bonchev–Trinajstić information content (AvgIpc) is 2.81. The number of benzene rings is 1. The summed E-state index contributed by atoms with van der Waals surface area (Å²) in [4.78, 5) is 2.23. The van der Waals surface area contributed by atoms with E-state index in [-0.39, 0.29) is 6.04 Å². The summed E-state index contributed by atoms with van der Waals surface area (Å²) in [5.74, 6) is 0. The second kappa shape index (κ2) is 6.91. The third kappa shape index (κ3) is 4.80. The van der Waals surface area contributed by atoms with Crippen LogP contribution in [0.4, 0.5) is 0 Å². The zero-order valence-corrected chi connectivity index (χ0v) is 13.7. The molecule has 1 saturated carbocycles. The second-order valence-electron chi connectivity index (χ2n) is 6.99. The number of nitrogens with two attached hydrogens (primary N) is 1. The van der Waals surface area contributed by atoms with Crippen LogP contribution in [-0.2, 0) is 0 Å². The quantitative estimate of drug-likeness (QED) is 0.847. The largest absolute Gasteiger partial charge is 0.389 e. The number of aryl methyl sites for hydroxylation is 2. The Kier molecular flexibility index (Phi) is 5.42. The van der Waals surface area contributed by atoms with E-state index in [1.807, 2.05) is 0 Å². The third-order valence-electron chi connectivity index (χ3n) is 4.59. The molecule has 3 nitrogen and oxygen atoms in total. The molecule has 0 aromatic heterocycles. The minimum Gasteiger partial charge on any atom is -0.389 e. The molecule has 2 rings (SSSR count). The predicted octanol–water partition coefficient (Wildman–Crippen LogP) is 2.93. The van der Waals surface area contributed by atoms with Crippen LogP contribution in [0.3, 0.4) is 0 Å². The fourth-order valence-electron chi connectivity index (χ4n) is 3.52. The molecule has 3 heteroatoms. The first-order valence-corrected chi connectivity index (χ1v) is 8.13. The molecule has 0 amide bonds. The monoisotopic (exact) mass is 290 g/mol. The van der Waals surface area contributed by atoms with Gasteiger partial charge in [-0.25, -0.2) is 0 Å². The van der Waals surface area contributed by atoms with Crippen molar-refractivity contribution in [2.24, 2.45) is 5.73 Å². The molecule has 1 aromatic rings. The fourth-order valence-corrected chi connectivity index (χ4v) is 3.52. The van der Waals surface area contributed by atoms with Crippen molar-refractivity contribution in [1.29, 1.82) is 0 Å². The van der Waals surface area contributed by atoms with Crippen molar-refractivity contribution in [2.45, 2.75) is 57.6 Å². The molecule has 0 bridgehead atoms. The van der Waals surface area contributed by atoms with Gasteiger partial charge in [0, 0.05) is 12.6 Å². The molecule has 1 atom stereocenters. The Balaban J connectivity index is 1.84. The van der Waals surface area contributed by atoms with E-state index in [0.717, 1.165) is 45.2 Å². The van der Waals surface area contributed by atoms with Gasteiger partial charge in [0.25, 0.3) is 0 Å². The van der Waals surface area contributed by atoms with Crippen molar-refractivity contribution in [3.63, 3.8) is 0 Å². The second-order valence-corrected chi connectivity index (χ2v) is 6.99. The number of nitrogens with zero attached hydrogens (tertiary/aromatic N) is 1. The normalized spacial score (nSPS) is 19.1. The summed E-state index contributed by atoms with van der Waals surface area (Å²) in [6, 6.07) is 6.62. The van der Waals surface area contributed by atoms with Gasteiger partial charge >= 0.3 is 0 Å². The SMILES string of the molecule is Cc1cc(C)cc(C(N)CCN(C)CC2(O)CCCC2)c1. The lowest BCUT2D eigenvalue weighted by molar-refractivity contribution is 0.0158. The lowest BCUT2D eigenvalue weighted by atomic mass is 9.99. The van der Waals surface area contributed by atoms with Gasteiger partial charge < -0.3 is 15.7 Å². The van der Waals surface area contributed by atoms with Crippen molar-refractivity contribution in [1.82, 2.24) is 4.90 Å². The van der Waals surface area contributed by atoms with E-state index in [1.165, 1.54) is 16.7 Å². The van der Waals surface area contributed by atoms with Gasteiger partial charge in [-0.05, 0) is 52.3 Å². The molecule has 1 fully saturated rings. The Morgan fingerprint density at radius 3 is 2.33 bits per heavy atom. The highest BCUT2D eigenvalue weighted by Gasteiger charge is 2.32. The van der Waals surface area contributed by atoms with Crippen molar-refractivity contribution in [2.75, 3.05) is 20.1 Å². The van der Waals surface area contributed by atoms with E-state index in [1.54, 1.807) is 0 Å². The topological polar surface area (TPSA) is 49.5 Å². The van der Waals surface area contributed by atoms with Gasteiger partial charge in [0.2, 0.25) is 0 Å². The first-order valence-electron chi connectivity index (χ1n) is 8.13. The van der Waals surface area contributed by atoms with Crippen molar-refractivity contribution in [3.05, 3.63) is 34.9 Å². The highest BCUT2D eigenvalue weighted by Crippen LogP contribution is 2.30. The molecule has 0 aliphatic heterocycles. The summed E-state index contributed by atoms with van der Waals surface area (Å²) < 4.78 is 0. The van der Waals surface area contributed by atoms with Gasteiger partial charge in [0.1, 0.15) is 0 Å². The standard InChI is InChI=1S/C18H30N2O/c1-14-10-15(2)12-16(11-14)17(19)6-9-20(3)13-18(21)7-4-5-8-18/h10-12,17,21H,4-9,13,19H2,1-3H3. The Morgan fingerprint density at radius 2 is 1.76 bits per heavy atom. The first-order chi connectivity index (χ1) is 9.88. The van der Waals surface area contributed by atoms with Crippen LogP contribution in [0, 0.1) is 13.8 Å². The van der Waals surface area contributed by atoms with Gasteiger partial charge in [0.15, 0.2) is 0 Å². The van der Waals surface area contributed by atoms with Crippen molar-refractivity contribution in [3.8, 4) is 0 Å². The summed E-state index contributed by atoms with van der Waals surface area (Å²) in [5, 5.41) is 10.4. The van der Waals surface area contributed by atoms with Crippen molar-refractivity contribution >= 4 is 0 Å². The molecule has 0 saturated heterocycles. The summed E-state index contributed by atoms with van der Waals surface area (Å²) in [6.45, 7) is 5.93. The first kappa shape index (κ1) is 16.5. The maximum Gasteiger partial charge on any atom is 0.0774 e. The third-order valence-corrected chi connectivity index (χ3v) is 4.59. The lowest BCUT2D eigenvalue weighted by Crippen LogP contribution is -2.40. The summed E-state index contributed by atoms with van der Waals surface area (Å²) in [7, 11) is 2.09. The smallest absolute Gasteiger partial charge is 0.0774 e. The van der Waals surface area contributed by atoms with Crippen LogP contribution in [0.5, 0.6) is 0 Å². The molecular weight excluding hydrogens is 260 g/mol. The van der Waals surface area contributed by atoms with Crippen molar-refractivity contribution < 1.29 is 5.11 Å². The van der Waals surface area contributed by atoms with Crippen LogP contribution in [0.15, 0.2) is 18.2 Å². The minimum absolute atomic E-state index is 0.0734. The molecule has 0 heterocycles. The number of hydrogen-bond donors (Lipinski definition) is 2. The zero-order valence-electron chi connectivity index (χ0n) is 13.7. The van der Waals surface area contributed by atoms with Crippen LogP contribution in [0.1, 0.15) is 54.8 Å². The Bertz CT molecular complexity index is 446. The molecule has 118 valence electrons. The Labute approximate surface area is 129 Å². The predicted molar refractivity (Wildman–Crippen MR) is 88.4 cm³/mol. The summed E-state index contributed by atoms with van der Waals surface area (Å²) in [6.07, 6.45) is 5.13. The highest BCUT2D eigenvalue weighted by molar-refractivity contribution is 5.30. The van der Waals surface area contributed by atoms with E-state index < -0.39 is 5.60 Å². The molecular formula is C18H30N2O. The van der Waals surface area contributed by atoms with Gasteiger partial charge in [-0.2, -0.15) is 0 Å². The summed E-state index contributed by atoms with van der Waals surface area (Å²) in [5.41, 5.74) is 9.64. The van der Waals surface area contributed by atoms with Crippen LogP contribution in [0.25, 0.3) is 0 Å². The number of aliphatic hydroxyl groups is 1. The number of hydrogen-bond acceptors (Lipinski definition) is 3. The fraction of sp³-hybridized carbons (Fsp3) is 0.667. The van der Waals surface area contributed by atoms with Gasteiger partial charge in [0.05, 0.1) is 5.60 Å². The summed E-state index contributed by atoms with van der Waals surface area (Å²) >= 11 is 0. The van der Waals surface area contributed by atoms with Gasteiger partial charge in [-0.15, -0.1) is 0 Å². The zero-order chi connectivity index (χ0) is 15.5. The molecule has 21 heavy (non-hydrogen) atoms. The number of likely N-dealkylation sites (N-methyl/N-ethyl adjacent to an activating group) is 1. The molecule has 1 aromatic carbocycles. The minimum atomic E-state index is -0.460. The van der Waals surface area contributed by atoms with E-state index in [0.29, 0.717) is 0 Å². The van der Waals surface area contributed by atoms with Crippen LogP contribution < -0.4 is 5.73 Å². The highest BCUT2D eigenvalue weighted by atomic mass is 16.3. The maximum atomic E-state index is 10.4. The molecule has 1 aliphatic rings. The molecule has 1 unspecified atom stereocenters. The van der Waals surface area contributed by atoms with E-state index in [9.17, 15) is 5.11 Å². The molecule has 3 N–H and O–H groups in total. The van der Waals surface area contributed by atoms with E-state index in [4.69, 9.17) is 5.73 Å². The Hall–Kier alpha value is -0.900. The van der Waals surface area contributed by atoms with E-state index >= 15 is 0 Å². The average molecular weight is 290 g/mol. The maximum absolute atomic E-state index is 10.4. The molecule has 0 radical (unpaired) electrons. The van der Waals surface area contributed by atoms with Crippen LogP contribution in [-0.4, -0.2) is 35.7 Å². The van der Waals surface area contributed by atoms with Gasteiger partial charge in [-0.3, -0.25) is 0 Å². The van der Waals surface area contributed by atoms with Crippen LogP contribution in [0.2, 0.25) is 0 Å². The van der Waals surface area contributed by atoms with E-state index in [2.05, 4.69) is 44.0 Å². The Morgan fingerprint density at radius 1 is 1.19 bits per heavy atom. The number of rotatable bonds is 6. The van der Waals surface area contributed by atoms with Gasteiger partial charge in [-0.1, -0.05) is 42.2 Å². The molecule has 1 aliphatic carbocycles. The molecule has 0 spiro atoms. The van der Waals surface area contributed by atoms with Crippen LogP contribution >= 0.6 is 0 Å².